The van der Waals surface area contributed by atoms with E-state index in [0.717, 1.165) is 0 Å². The zero-order valence-corrected chi connectivity index (χ0v) is 12.7. The van der Waals surface area contributed by atoms with Crippen LogP contribution in [0.4, 0.5) is 11.4 Å². The molecule has 3 N–H and O–H groups in total. The minimum Gasteiger partial charge on any atom is -0.399 e. The minimum atomic E-state index is -3.77. The van der Waals surface area contributed by atoms with E-state index in [1.807, 2.05) is 6.92 Å². The molecule has 6 nitrogen and oxygen atoms in total. The Morgan fingerprint density at radius 1 is 1.45 bits per heavy atom. The van der Waals surface area contributed by atoms with Crippen LogP contribution in [0.1, 0.15) is 12.7 Å². The summed E-state index contributed by atoms with van der Waals surface area (Å²) in [5, 5.41) is 0.199. The molecular weight excluding hydrogens is 300 g/mol. The van der Waals surface area contributed by atoms with Crippen LogP contribution in [0.3, 0.4) is 0 Å². The van der Waals surface area contributed by atoms with Gasteiger partial charge in [-0.25, -0.2) is 4.98 Å². The molecule has 0 saturated carbocycles. The number of nitrogens with two attached hydrogens (primary N) is 1. The van der Waals surface area contributed by atoms with E-state index in [0.29, 0.717) is 18.1 Å². The monoisotopic (exact) mass is 314 g/mol. The van der Waals surface area contributed by atoms with Gasteiger partial charge in [-0.1, -0.05) is 11.6 Å². The summed E-state index contributed by atoms with van der Waals surface area (Å²) in [6.07, 6.45) is 1.49. The topological polar surface area (TPSA) is 90.0 Å². The molecule has 0 saturated heterocycles. The van der Waals surface area contributed by atoms with Gasteiger partial charge in [0.1, 0.15) is 5.82 Å². The Labute approximate surface area is 122 Å². The third kappa shape index (κ3) is 2.88. The highest BCUT2D eigenvalue weighted by Gasteiger charge is 2.20. The highest BCUT2D eigenvalue weighted by molar-refractivity contribution is 7.92. The zero-order chi connectivity index (χ0) is 14.9. The van der Waals surface area contributed by atoms with E-state index in [4.69, 9.17) is 17.3 Å². The number of hydrogen-bond acceptors (Lipinski definition) is 4. The second kappa shape index (κ2) is 5.34. The number of aryl methyl sites for hydroxylation is 2. The molecule has 108 valence electrons. The predicted octanol–water partition coefficient (Wildman–Crippen LogP) is 2.25. The summed E-state index contributed by atoms with van der Waals surface area (Å²) in [4.78, 5) is 4.04. The Balaban J connectivity index is 2.35. The van der Waals surface area contributed by atoms with Crippen LogP contribution in [-0.4, -0.2) is 18.0 Å². The van der Waals surface area contributed by atoms with Crippen molar-refractivity contribution in [1.29, 1.82) is 0 Å². The molecule has 0 amide bonds. The Bertz CT molecular complexity index is 740. The maximum Gasteiger partial charge on any atom is 0.281 e. The molecule has 0 atom stereocenters. The molecule has 0 fully saturated rings. The van der Waals surface area contributed by atoms with Gasteiger partial charge >= 0.3 is 0 Å². The van der Waals surface area contributed by atoms with Crippen LogP contribution >= 0.6 is 11.6 Å². The Morgan fingerprint density at radius 2 is 2.15 bits per heavy atom. The molecule has 0 bridgehead atoms. The first-order valence-corrected chi connectivity index (χ1v) is 7.81. The lowest BCUT2D eigenvalue weighted by Gasteiger charge is -2.08. The van der Waals surface area contributed by atoms with E-state index in [1.54, 1.807) is 17.6 Å². The first-order chi connectivity index (χ1) is 9.33. The Kier molecular flexibility index (Phi) is 3.92. The summed E-state index contributed by atoms with van der Waals surface area (Å²) >= 11 is 5.95. The van der Waals surface area contributed by atoms with Crippen molar-refractivity contribution in [2.75, 3.05) is 10.5 Å². The smallest absolute Gasteiger partial charge is 0.281 e. The largest absolute Gasteiger partial charge is 0.399 e. The summed E-state index contributed by atoms with van der Waals surface area (Å²) in [5.41, 5.74) is 6.30. The second-order valence-corrected chi connectivity index (χ2v) is 6.29. The third-order valence-electron chi connectivity index (χ3n) is 2.81. The van der Waals surface area contributed by atoms with Gasteiger partial charge < -0.3 is 10.3 Å². The molecule has 2 aromatic rings. The molecule has 0 aliphatic rings. The lowest BCUT2D eigenvalue weighted by atomic mass is 10.3. The van der Waals surface area contributed by atoms with Crippen molar-refractivity contribution >= 4 is 33.0 Å². The van der Waals surface area contributed by atoms with Crippen LogP contribution in [0.25, 0.3) is 0 Å². The van der Waals surface area contributed by atoms with Gasteiger partial charge in [-0.15, -0.1) is 0 Å². The number of sulfonamides is 1. The van der Waals surface area contributed by atoms with Crippen molar-refractivity contribution in [3.63, 3.8) is 0 Å². The molecule has 1 aromatic carbocycles. The van der Waals surface area contributed by atoms with E-state index in [1.165, 1.54) is 18.3 Å². The maximum atomic E-state index is 12.2. The highest BCUT2D eigenvalue weighted by atomic mass is 35.5. The van der Waals surface area contributed by atoms with E-state index in [2.05, 4.69) is 9.71 Å². The molecule has 20 heavy (non-hydrogen) atoms. The molecule has 1 heterocycles. The molecule has 8 heteroatoms. The SMILES string of the molecule is CCn1cc(S(=O)(=O)Nc2ccc(N)cc2Cl)nc1C. The van der Waals surface area contributed by atoms with E-state index in [9.17, 15) is 8.42 Å². The number of rotatable bonds is 4. The van der Waals surface area contributed by atoms with E-state index < -0.39 is 10.0 Å². The Morgan fingerprint density at radius 3 is 2.70 bits per heavy atom. The molecule has 2 rings (SSSR count). The number of halogens is 1. The third-order valence-corrected chi connectivity index (χ3v) is 4.36. The standard InChI is InChI=1S/C12H15ClN4O2S/c1-3-17-7-12(15-8(17)2)20(18,19)16-11-5-4-9(14)6-10(11)13/h4-7,16H,3,14H2,1-2H3. The zero-order valence-electron chi connectivity index (χ0n) is 11.1. The first kappa shape index (κ1) is 14.7. The number of imidazole rings is 1. The van der Waals surface area contributed by atoms with E-state index in [-0.39, 0.29) is 15.7 Å². The van der Waals surface area contributed by atoms with Crippen molar-refractivity contribution < 1.29 is 8.42 Å². The number of benzene rings is 1. The van der Waals surface area contributed by atoms with Gasteiger partial charge in [-0.3, -0.25) is 4.72 Å². The van der Waals surface area contributed by atoms with Crippen LogP contribution in [0, 0.1) is 6.92 Å². The van der Waals surface area contributed by atoms with Gasteiger partial charge in [0, 0.05) is 18.4 Å². The van der Waals surface area contributed by atoms with Crippen LogP contribution in [-0.2, 0) is 16.6 Å². The quantitative estimate of drug-likeness (QED) is 0.847. The summed E-state index contributed by atoms with van der Waals surface area (Å²) in [6, 6.07) is 4.56. The molecule has 0 spiro atoms. The average Bonchev–Trinajstić information content (AvgIpc) is 2.75. The maximum absolute atomic E-state index is 12.2. The lowest BCUT2D eigenvalue weighted by molar-refractivity contribution is 0.598. The molecule has 0 unspecified atom stereocenters. The van der Waals surface area contributed by atoms with Gasteiger partial charge in [0.05, 0.1) is 10.7 Å². The summed E-state index contributed by atoms with van der Waals surface area (Å²) in [5.74, 6) is 0.635. The van der Waals surface area contributed by atoms with Crippen LogP contribution < -0.4 is 10.5 Å². The molecule has 1 aromatic heterocycles. The van der Waals surface area contributed by atoms with Gasteiger partial charge in [0.25, 0.3) is 10.0 Å². The highest BCUT2D eigenvalue weighted by Crippen LogP contribution is 2.26. The van der Waals surface area contributed by atoms with Gasteiger partial charge in [0.15, 0.2) is 5.03 Å². The van der Waals surface area contributed by atoms with Crippen molar-refractivity contribution in [3.8, 4) is 0 Å². The van der Waals surface area contributed by atoms with E-state index >= 15 is 0 Å². The number of nitrogen functional groups attached to an aromatic ring is 1. The summed E-state index contributed by atoms with van der Waals surface area (Å²) in [6.45, 7) is 4.31. The average molecular weight is 315 g/mol. The number of hydrogen-bond donors (Lipinski definition) is 2. The van der Waals surface area contributed by atoms with Crippen LogP contribution in [0.2, 0.25) is 5.02 Å². The number of aromatic nitrogens is 2. The lowest BCUT2D eigenvalue weighted by Crippen LogP contribution is -2.13. The number of nitrogens with zero attached hydrogens (tertiary/aromatic N) is 2. The summed E-state index contributed by atoms with van der Waals surface area (Å²) < 4.78 is 28.6. The molecular formula is C12H15ClN4O2S. The Hall–Kier alpha value is -1.73. The van der Waals surface area contributed by atoms with Crippen molar-refractivity contribution in [3.05, 3.63) is 35.2 Å². The second-order valence-electron chi connectivity index (χ2n) is 4.26. The fraction of sp³-hybridized carbons (Fsp3) is 0.250. The van der Waals surface area contributed by atoms with Gasteiger partial charge in [-0.2, -0.15) is 8.42 Å². The fourth-order valence-electron chi connectivity index (χ4n) is 1.74. The van der Waals surface area contributed by atoms with Crippen LogP contribution in [0.15, 0.2) is 29.4 Å². The predicted molar refractivity (Wildman–Crippen MR) is 79.3 cm³/mol. The normalized spacial score (nSPS) is 11.6. The molecule has 0 aliphatic heterocycles. The molecule has 0 aliphatic carbocycles. The van der Waals surface area contributed by atoms with Crippen molar-refractivity contribution in [1.82, 2.24) is 9.55 Å². The van der Waals surface area contributed by atoms with Gasteiger partial charge in [0.2, 0.25) is 0 Å². The van der Waals surface area contributed by atoms with Crippen molar-refractivity contribution in [2.45, 2.75) is 25.4 Å². The summed E-state index contributed by atoms with van der Waals surface area (Å²) in [7, 11) is -3.77. The molecule has 0 radical (unpaired) electrons. The number of anilines is 2. The van der Waals surface area contributed by atoms with Gasteiger partial charge in [-0.05, 0) is 32.0 Å². The van der Waals surface area contributed by atoms with Crippen LogP contribution in [0.5, 0.6) is 0 Å². The number of nitrogens with one attached hydrogen (secondary N) is 1. The fourth-order valence-corrected chi connectivity index (χ4v) is 3.12. The minimum absolute atomic E-state index is 0.0373. The van der Waals surface area contributed by atoms with Crippen molar-refractivity contribution in [2.24, 2.45) is 0 Å². The first-order valence-electron chi connectivity index (χ1n) is 5.95.